The van der Waals surface area contributed by atoms with Crippen molar-refractivity contribution in [2.24, 2.45) is 4.99 Å². The molecule has 204 valence electrons. The maximum Gasteiger partial charge on any atom is 0.240 e. The number of rotatable bonds is 9. The van der Waals surface area contributed by atoms with E-state index in [1.807, 2.05) is 62.6 Å². The average Bonchev–Trinajstić information content (AvgIpc) is 3.26. The zero-order valence-electron chi connectivity index (χ0n) is 22.1. The molecular weight excluding hydrogens is 527 g/mol. The van der Waals surface area contributed by atoms with E-state index in [4.69, 9.17) is 4.99 Å². The second-order valence-electron chi connectivity index (χ2n) is 9.74. The Bertz CT molecular complexity index is 1780. The normalized spacial score (nSPS) is 12.3. The molecule has 0 fully saturated rings. The number of hydrogen-bond acceptors (Lipinski definition) is 5. The lowest BCUT2D eigenvalue weighted by Gasteiger charge is -2.12. The third-order valence-corrected chi connectivity index (χ3v) is 7.79. The van der Waals surface area contributed by atoms with Crippen LogP contribution in [0.3, 0.4) is 0 Å². The third kappa shape index (κ3) is 6.12. The smallest absolute Gasteiger partial charge is 0.240 e. The summed E-state index contributed by atoms with van der Waals surface area (Å²) < 4.78 is 42.1. The van der Waals surface area contributed by atoms with Crippen LogP contribution in [0.1, 0.15) is 22.3 Å². The molecule has 0 bridgehead atoms. The Morgan fingerprint density at radius 2 is 1.68 bits per heavy atom. The van der Waals surface area contributed by atoms with Gasteiger partial charge in [-0.2, -0.15) is 0 Å². The molecule has 0 saturated carbocycles. The summed E-state index contributed by atoms with van der Waals surface area (Å²) in [6.45, 7) is 0.843. The molecule has 9 heteroatoms. The number of fused-ring (bicyclic) bond motifs is 1. The number of aliphatic imine (C=N–C) groups is 1. The summed E-state index contributed by atoms with van der Waals surface area (Å²) in [4.78, 5) is 10.0. The Labute approximate surface area is 232 Å². The Hall–Kier alpha value is -4.31. The summed E-state index contributed by atoms with van der Waals surface area (Å²) in [6.07, 6.45) is 0. The maximum absolute atomic E-state index is 13.9. The van der Waals surface area contributed by atoms with E-state index in [0.29, 0.717) is 39.0 Å². The minimum atomic E-state index is -3.70. The molecular formula is C31H29FN4O3S. The number of nitrogens with zero attached hydrogens (tertiary/aromatic N) is 2. The lowest BCUT2D eigenvalue weighted by atomic mass is 9.99. The van der Waals surface area contributed by atoms with Crippen molar-refractivity contribution in [3.8, 4) is 5.88 Å². The minimum absolute atomic E-state index is 0.0582. The molecule has 1 aromatic heterocycles. The van der Waals surface area contributed by atoms with Crippen molar-refractivity contribution in [2.45, 2.75) is 18.0 Å². The molecule has 0 amide bonds. The lowest BCUT2D eigenvalue weighted by Crippen LogP contribution is -2.23. The van der Waals surface area contributed by atoms with Crippen molar-refractivity contribution < 1.29 is 17.9 Å². The predicted molar refractivity (Wildman–Crippen MR) is 156 cm³/mol. The van der Waals surface area contributed by atoms with Crippen molar-refractivity contribution >= 4 is 32.3 Å². The number of aromatic hydroxyl groups is 1. The average molecular weight is 557 g/mol. The van der Waals surface area contributed by atoms with E-state index in [9.17, 15) is 17.9 Å². The Morgan fingerprint density at radius 3 is 2.40 bits per heavy atom. The zero-order chi connectivity index (χ0) is 28.3. The second-order valence-corrected chi connectivity index (χ2v) is 11.5. The first-order valence-electron chi connectivity index (χ1n) is 12.7. The molecule has 3 N–H and O–H groups in total. The molecule has 0 aliphatic carbocycles. The summed E-state index contributed by atoms with van der Waals surface area (Å²) >= 11 is 0. The fourth-order valence-electron chi connectivity index (χ4n) is 4.52. The summed E-state index contributed by atoms with van der Waals surface area (Å²) in [7, 11) is 0.299. The van der Waals surface area contributed by atoms with Gasteiger partial charge in [0, 0.05) is 24.0 Å². The predicted octanol–water partition coefficient (Wildman–Crippen LogP) is 5.72. The molecule has 0 saturated heterocycles. The SMILES string of the molecule is CN(C)Cc1ccc(N=C(c2cccc(CNS(=O)(=O)c3ccccc3)c2)c2c(O)[nH]c3cc(F)ccc23)cc1. The summed E-state index contributed by atoms with van der Waals surface area (Å²) in [5.41, 5.74) is 4.49. The fourth-order valence-corrected chi connectivity index (χ4v) is 5.56. The van der Waals surface area contributed by atoms with Crippen LogP contribution in [0.2, 0.25) is 0 Å². The molecule has 0 aliphatic rings. The van der Waals surface area contributed by atoms with Crippen molar-refractivity contribution in [3.05, 3.63) is 125 Å². The molecule has 1 heterocycles. The highest BCUT2D eigenvalue weighted by Crippen LogP contribution is 2.32. The molecule has 40 heavy (non-hydrogen) atoms. The van der Waals surface area contributed by atoms with E-state index >= 15 is 0 Å². The summed E-state index contributed by atoms with van der Waals surface area (Å²) in [5.74, 6) is -0.568. The van der Waals surface area contributed by atoms with Crippen molar-refractivity contribution in [3.63, 3.8) is 0 Å². The van der Waals surface area contributed by atoms with Crippen LogP contribution in [0.15, 0.2) is 107 Å². The molecule has 5 aromatic rings. The highest BCUT2D eigenvalue weighted by atomic mass is 32.2. The maximum atomic E-state index is 13.9. The van der Waals surface area contributed by atoms with Crippen LogP contribution in [0.4, 0.5) is 10.1 Å². The number of halogens is 1. The van der Waals surface area contributed by atoms with Crippen molar-refractivity contribution in [1.82, 2.24) is 14.6 Å². The highest BCUT2D eigenvalue weighted by Gasteiger charge is 2.20. The zero-order valence-corrected chi connectivity index (χ0v) is 22.9. The standard InChI is InChI=1S/C31H29FN4O3S/c1-36(2)20-21-11-14-25(15-12-21)34-30(29-27-16-13-24(32)18-28(27)35-31(29)37)23-8-6-7-22(17-23)19-33-40(38,39)26-9-4-3-5-10-26/h3-18,33,35,37H,19-20H2,1-2H3. The number of H-pyrrole nitrogens is 1. The molecule has 7 nitrogen and oxygen atoms in total. The van der Waals surface area contributed by atoms with E-state index < -0.39 is 15.8 Å². The topological polar surface area (TPSA) is 97.8 Å². The Morgan fingerprint density at radius 1 is 0.925 bits per heavy atom. The second kappa shape index (κ2) is 11.4. The van der Waals surface area contributed by atoms with Gasteiger partial charge in [-0.25, -0.2) is 22.5 Å². The van der Waals surface area contributed by atoms with Gasteiger partial charge in [0.05, 0.1) is 27.4 Å². The van der Waals surface area contributed by atoms with E-state index in [1.54, 1.807) is 24.3 Å². The van der Waals surface area contributed by atoms with Crippen LogP contribution in [0.5, 0.6) is 5.88 Å². The molecule has 0 aliphatic heterocycles. The van der Waals surface area contributed by atoms with E-state index in [0.717, 1.165) is 12.1 Å². The lowest BCUT2D eigenvalue weighted by molar-refractivity contribution is 0.402. The molecule has 4 aromatic carbocycles. The van der Waals surface area contributed by atoms with Crippen LogP contribution < -0.4 is 4.72 Å². The van der Waals surface area contributed by atoms with Crippen molar-refractivity contribution in [2.75, 3.05) is 14.1 Å². The highest BCUT2D eigenvalue weighted by molar-refractivity contribution is 7.89. The van der Waals surface area contributed by atoms with Gasteiger partial charge in [0.25, 0.3) is 0 Å². The van der Waals surface area contributed by atoms with Gasteiger partial charge in [0.1, 0.15) is 5.82 Å². The molecule has 0 spiro atoms. The minimum Gasteiger partial charge on any atom is -0.494 e. The van der Waals surface area contributed by atoms with Crippen LogP contribution in [0.25, 0.3) is 10.9 Å². The van der Waals surface area contributed by atoms with Gasteiger partial charge < -0.3 is 15.0 Å². The number of nitrogens with one attached hydrogen (secondary N) is 2. The number of sulfonamides is 1. The van der Waals surface area contributed by atoms with Crippen LogP contribution >= 0.6 is 0 Å². The first-order valence-corrected chi connectivity index (χ1v) is 14.1. The molecule has 0 atom stereocenters. The van der Waals surface area contributed by atoms with Gasteiger partial charge >= 0.3 is 0 Å². The van der Waals surface area contributed by atoms with Gasteiger partial charge in [-0.15, -0.1) is 0 Å². The summed E-state index contributed by atoms with van der Waals surface area (Å²) in [5, 5.41) is 11.5. The summed E-state index contributed by atoms with van der Waals surface area (Å²) in [6, 6.07) is 27.5. The number of hydrogen-bond donors (Lipinski definition) is 3. The largest absolute Gasteiger partial charge is 0.494 e. The first kappa shape index (κ1) is 27.3. The van der Waals surface area contributed by atoms with Crippen molar-refractivity contribution in [1.29, 1.82) is 0 Å². The van der Waals surface area contributed by atoms with Crippen LogP contribution in [-0.4, -0.2) is 43.2 Å². The molecule has 0 radical (unpaired) electrons. The quantitative estimate of drug-likeness (QED) is 0.202. The van der Waals surface area contributed by atoms with Gasteiger partial charge in [-0.05, 0) is 73.8 Å². The third-order valence-electron chi connectivity index (χ3n) is 6.37. The van der Waals surface area contributed by atoms with Gasteiger partial charge in [-0.1, -0.05) is 48.5 Å². The van der Waals surface area contributed by atoms with E-state index in [-0.39, 0.29) is 17.3 Å². The number of benzene rings is 4. The number of aromatic nitrogens is 1. The Kier molecular flexibility index (Phi) is 7.79. The van der Waals surface area contributed by atoms with E-state index in [2.05, 4.69) is 14.6 Å². The Balaban J connectivity index is 1.55. The van der Waals surface area contributed by atoms with Gasteiger partial charge in [0.15, 0.2) is 5.88 Å². The van der Waals surface area contributed by atoms with Gasteiger partial charge in [-0.3, -0.25) is 0 Å². The first-order chi connectivity index (χ1) is 19.2. The van der Waals surface area contributed by atoms with E-state index in [1.165, 1.54) is 24.3 Å². The number of aromatic amines is 1. The molecule has 0 unspecified atom stereocenters. The monoisotopic (exact) mass is 556 g/mol. The van der Waals surface area contributed by atoms with Crippen LogP contribution in [0, 0.1) is 5.82 Å². The van der Waals surface area contributed by atoms with Gasteiger partial charge in [0.2, 0.25) is 10.0 Å². The molecule has 5 rings (SSSR count). The fraction of sp³-hybridized carbons (Fsp3) is 0.129. The van der Waals surface area contributed by atoms with Crippen LogP contribution in [-0.2, 0) is 23.1 Å².